The molecule has 0 radical (unpaired) electrons. The molecule has 0 aliphatic carbocycles. The van der Waals surface area contributed by atoms with Gasteiger partial charge in [0, 0.05) is 20.6 Å². The SMILES string of the molecule is CN(C)S(=O)(=O)c1ccc(Oc2ccccc2S(=O)(=O)C/C(F)=C/CN)cc1. The Hall–Kier alpha value is -2.27. The summed E-state index contributed by atoms with van der Waals surface area (Å²) in [5, 5.41) is 0. The average Bonchev–Trinajstić information content (AvgIpc) is 2.62. The Morgan fingerprint density at radius 1 is 1.07 bits per heavy atom. The van der Waals surface area contributed by atoms with Crippen LogP contribution in [0.4, 0.5) is 4.39 Å². The molecule has 10 heteroatoms. The Labute approximate surface area is 164 Å². The summed E-state index contributed by atoms with van der Waals surface area (Å²) in [5.41, 5.74) is 5.20. The molecule has 0 saturated heterocycles. The standard InChI is InChI=1S/C18H21FN2O5S2/c1-21(2)28(24,25)16-9-7-15(8-10-16)26-17-5-3-4-6-18(17)27(22,23)13-14(19)11-12-20/h3-11H,12-13,20H2,1-2H3/b14-11-. The lowest BCUT2D eigenvalue weighted by Gasteiger charge is -2.13. The molecular weight excluding hydrogens is 407 g/mol. The Bertz CT molecular complexity index is 1060. The van der Waals surface area contributed by atoms with Crippen LogP contribution in [0.2, 0.25) is 0 Å². The van der Waals surface area contributed by atoms with Crippen LogP contribution in [0.15, 0.2) is 70.2 Å². The fourth-order valence-electron chi connectivity index (χ4n) is 2.25. The van der Waals surface area contributed by atoms with Crippen LogP contribution >= 0.6 is 0 Å². The molecule has 2 N–H and O–H groups in total. The maximum Gasteiger partial charge on any atom is 0.242 e. The minimum atomic E-state index is -4.00. The molecule has 2 aromatic carbocycles. The van der Waals surface area contributed by atoms with Crippen molar-refractivity contribution >= 4 is 19.9 Å². The zero-order valence-electron chi connectivity index (χ0n) is 15.4. The fraction of sp³-hybridized carbons (Fsp3) is 0.222. The lowest BCUT2D eigenvalue weighted by Crippen LogP contribution is -2.22. The minimum absolute atomic E-state index is 0.00580. The number of halogens is 1. The summed E-state index contributed by atoms with van der Waals surface area (Å²) in [7, 11) is -4.76. The minimum Gasteiger partial charge on any atom is -0.456 e. The van der Waals surface area contributed by atoms with Crippen molar-refractivity contribution in [3.8, 4) is 11.5 Å². The third-order valence-corrected chi connectivity index (χ3v) is 7.17. The van der Waals surface area contributed by atoms with Gasteiger partial charge in [-0.2, -0.15) is 0 Å². The predicted molar refractivity (Wildman–Crippen MR) is 104 cm³/mol. The number of sulfone groups is 1. The second kappa shape index (κ2) is 8.82. The largest absolute Gasteiger partial charge is 0.456 e. The molecule has 0 aliphatic rings. The monoisotopic (exact) mass is 428 g/mol. The molecule has 0 atom stereocenters. The fourth-order valence-corrected chi connectivity index (χ4v) is 4.50. The van der Waals surface area contributed by atoms with E-state index in [1.807, 2.05) is 0 Å². The van der Waals surface area contributed by atoms with Gasteiger partial charge in [0.2, 0.25) is 10.0 Å². The van der Waals surface area contributed by atoms with E-state index in [-0.39, 0.29) is 27.8 Å². The van der Waals surface area contributed by atoms with Crippen molar-refractivity contribution in [3.05, 3.63) is 60.4 Å². The molecule has 0 aromatic heterocycles. The van der Waals surface area contributed by atoms with Crippen LogP contribution < -0.4 is 10.5 Å². The molecule has 0 heterocycles. The molecule has 28 heavy (non-hydrogen) atoms. The predicted octanol–water partition coefficient (Wildman–Crippen LogP) is 2.32. The topological polar surface area (TPSA) is 107 Å². The number of nitrogens with two attached hydrogens (primary N) is 1. The summed E-state index contributed by atoms with van der Waals surface area (Å²) < 4.78 is 69.6. The summed E-state index contributed by atoms with van der Waals surface area (Å²) in [4.78, 5) is -0.111. The molecule has 0 spiro atoms. The van der Waals surface area contributed by atoms with Gasteiger partial charge in [0.15, 0.2) is 9.84 Å². The molecule has 7 nitrogen and oxygen atoms in total. The molecule has 0 unspecified atom stereocenters. The first kappa shape index (κ1) is 22.0. The number of rotatable bonds is 8. The van der Waals surface area contributed by atoms with E-state index in [4.69, 9.17) is 10.5 Å². The van der Waals surface area contributed by atoms with E-state index in [1.54, 1.807) is 6.07 Å². The van der Waals surface area contributed by atoms with Crippen LogP contribution in [-0.4, -0.2) is 47.5 Å². The van der Waals surface area contributed by atoms with Crippen molar-refractivity contribution in [1.29, 1.82) is 0 Å². The first-order valence-corrected chi connectivity index (χ1v) is 11.2. The van der Waals surface area contributed by atoms with E-state index < -0.39 is 31.4 Å². The first-order valence-electron chi connectivity index (χ1n) is 8.15. The van der Waals surface area contributed by atoms with Gasteiger partial charge in [-0.05, 0) is 42.5 Å². The Morgan fingerprint density at radius 2 is 1.68 bits per heavy atom. The highest BCUT2D eigenvalue weighted by molar-refractivity contribution is 7.91. The van der Waals surface area contributed by atoms with E-state index in [1.165, 1.54) is 56.6 Å². The quantitative estimate of drug-likeness (QED) is 0.692. The second-order valence-corrected chi connectivity index (χ2v) is 10.1. The second-order valence-electron chi connectivity index (χ2n) is 5.95. The molecule has 2 rings (SSSR count). The lowest BCUT2D eigenvalue weighted by molar-refractivity contribution is 0.466. The number of hydrogen-bond acceptors (Lipinski definition) is 6. The van der Waals surface area contributed by atoms with E-state index >= 15 is 0 Å². The molecule has 2 aromatic rings. The molecule has 152 valence electrons. The van der Waals surface area contributed by atoms with Gasteiger partial charge >= 0.3 is 0 Å². The van der Waals surface area contributed by atoms with Crippen LogP contribution in [0, 0.1) is 0 Å². The Balaban J connectivity index is 2.33. The zero-order valence-corrected chi connectivity index (χ0v) is 17.0. The van der Waals surface area contributed by atoms with Gasteiger partial charge in [-0.15, -0.1) is 0 Å². The van der Waals surface area contributed by atoms with Gasteiger partial charge in [-0.3, -0.25) is 0 Å². The van der Waals surface area contributed by atoms with Gasteiger partial charge in [0.25, 0.3) is 0 Å². The zero-order chi connectivity index (χ0) is 20.9. The molecule has 0 amide bonds. The maximum atomic E-state index is 13.7. The van der Waals surface area contributed by atoms with Crippen LogP contribution in [0.3, 0.4) is 0 Å². The molecule has 0 fully saturated rings. The highest BCUT2D eigenvalue weighted by atomic mass is 32.2. The number of para-hydroxylation sites is 1. The van der Waals surface area contributed by atoms with Gasteiger partial charge in [-0.1, -0.05) is 12.1 Å². The van der Waals surface area contributed by atoms with Crippen LogP contribution in [-0.2, 0) is 19.9 Å². The van der Waals surface area contributed by atoms with Gasteiger partial charge < -0.3 is 10.5 Å². The summed E-state index contributed by atoms with van der Waals surface area (Å²) >= 11 is 0. The normalized spacial score (nSPS) is 13.0. The van der Waals surface area contributed by atoms with Crippen molar-refractivity contribution < 1.29 is 26.0 Å². The number of benzene rings is 2. The van der Waals surface area contributed by atoms with E-state index in [9.17, 15) is 21.2 Å². The van der Waals surface area contributed by atoms with Crippen molar-refractivity contribution in [3.63, 3.8) is 0 Å². The van der Waals surface area contributed by atoms with Crippen molar-refractivity contribution in [2.24, 2.45) is 5.73 Å². The number of sulfonamides is 1. The van der Waals surface area contributed by atoms with Crippen LogP contribution in [0.5, 0.6) is 11.5 Å². The van der Waals surface area contributed by atoms with Crippen molar-refractivity contribution in [1.82, 2.24) is 4.31 Å². The molecule has 0 saturated carbocycles. The highest BCUT2D eigenvalue weighted by Crippen LogP contribution is 2.31. The lowest BCUT2D eigenvalue weighted by atomic mass is 10.3. The number of hydrogen-bond donors (Lipinski definition) is 1. The van der Waals surface area contributed by atoms with Gasteiger partial charge in [-0.25, -0.2) is 25.5 Å². The Kier molecular flexibility index (Phi) is 6.94. The molecule has 0 aliphatic heterocycles. The Morgan fingerprint density at radius 3 is 2.25 bits per heavy atom. The van der Waals surface area contributed by atoms with Crippen molar-refractivity contribution in [2.45, 2.75) is 9.79 Å². The van der Waals surface area contributed by atoms with E-state index in [0.29, 0.717) is 0 Å². The molecule has 0 bridgehead atoms. The van der Waals surface area contributed by atoms with Gasteiger partial charge in [0.05, 0.1) is 4.90 Å². The van der Waals surface area contributed by atoms with Crippen LogP contribution in [0.25, 0.3) is 0 Å². The van der Waals surface area contributed by atoms with Crippen LogP contribution in [0.1, 0.15) is 0 Å². The maximum absolute atomic E-state index is 13.7. The third kappa shape index (κ3) is 5.16. The smallest absolute Gasteiger partial charge is 0.242 e. The summed E-state index contributed by atoms with van der Waals surface area (Å²) in [5.74, 6) is -1.44. The van der Waals surface area contributed by atoms with E-state index in [0.717, 1.165) is 10.4 Å². The number of nitrogens with zero attached hydrogens (tertiary/aromatic N) is 1. The van der Waals surface area contributed by atoms with E-state index in [2.05, 4.69) is 0 Å². The average molecular weight is 429 g/mol. The third-order valence-electron chi connectivity index (χ3n) is 3.68. The first-order chi connectivity index (χ1) is 13.1. The summed E-state index contributed by atoms with van der Waals surface area (Å²) in [6.07, 6.45) is 0.991. The van der Waals surface area contributed by atoms with Crippen molar-refractivity contribution in [2.75, 3.05) is 26.4 Å². The summed E-state index contributed by atoms with van der Waals surface area (Å²) in [6, 6.07) is 11.3. The summed E-state index contributed by atoms with van der Waals surface area (Å²) in [6.45, 7) is -0.109. The number of ether oxygens (including phenoxy) is 1. The van der Waals surface area contributed by atoms with Gasteiger partial charge in [0.1, 0.15) is 28.0 Å². The highest BCUT2D eigenvalue weighted by Gasteiger charge is 2.22. The molecular formula is C18H21FN2O5S2.